The van der Waals surface area contributed by atoms with Gasteiger partial charge in [-0.25, -0.2) is 9.78 Å². The second kappa shape index (κ2) is 8.05. The highest BCUT2D eigenvalue weighted by Crippen LogP contribution is 2.29. The lowest BCUT2D eigenvalue weighted by molar-refractivity contribution is -0.131. The Morgan fingerprint density at radius 3 is 2.85 bits per heavy atom. The summed E-state index contributed by atoms with van der Waals surface area (Å²) in [5.74, 6) is 0.0456. The molecule has 3 amide bonds. The van der Waals surface area contributed by atoms with Gasteiger partial charge in [-0.3, -0.25) is 10.1 Å². The number of anilines is 1. The minimum absolute atomic E-state index is 0.0456. The SMILES string of the molecule is CC(C)NC(=O)Nc1nc2c(s1)CN(C(=O)Cc1ccccc1Cl)CC2. The molecular weight excluding hydrogens is 372 g/mol. The standard InChI is InChI=1S/C18H21ClN4O2S/c1-11(2)20-17(25)22-18-21-14-7-8-23(10-15(14)26-18)16(24)9-12-5-3-4-6-13(12)19/h3-6,11H,7-10H2,1-2H3,(H2,20,21,22,25). The summed E-state index contributed by atoms with van der Waals surface area (Å²) >= 11 is 7.57. The molecule has 3 rings (SSSR count). The summed E-state index contributed by atoms with van der Waals surface area (Å²) in [4.78, 5) is 31.7. The van der Waals surface area contributed by atoms with E-state index in [2.05, 4.69) is 15.6 Å². The van der Waals surface area contributed by atoms with Gasteiger partial charge in [-0.1, -0.05) is 41.1 Å². The van der Waals surface area contributed by atoms with E-state index in [0.29, 0.717) is 29.7 Å². The van der Waals surface area contributed by atoms with Crippen molar-refractivity contribution in [2.75, 3.05) is 11.9 Å². The van der Waals surface area contributed by atoms with Crippen LogP contribution in [-0.2, 0) is 24.2 Å². The Balaban J connectivity index is 1.63. The number of urea groups is 1. The van der Waals surface area contributed by atoms with E-state index in [0.717, 1.165) is 16.1 Å². The van der Waals surface area contributed by atoms with Gasteiger partial charge < -0.3 is 10.2 Å². The first kappa shape index (κ1) is 18.7. The third-order valence-corrected chi connectivity index (χ3v) is 5.39. The van der Waals surface area contributed by atoms with Crippen molar-refractivity contribution in [3.05, 3.63) is 45.4 Å². The molecule has 0 radical (unpaired) electrons. The number of hydrogen-bond acceptors (Lipinski definition) is 4. The minimum Gasteiger partial charge on any atom is -0.337 e. The van der Waals surface area contributed by atoms with Gasteiger partial charge in [0.15, 0.2) is 5.13 Å². The van der Waals surface area contributed by atoms with E-state index >= 15 is 0 Å². The fourth-order valence-corrected chi connectivity index (χ4v) is 4.00. The van der Waals surface area contributed by atoms with Crippen LogP contribution in [0.25, 0.3) is 0 Å². The average Bonchev–Trinajstić information content (AvgIpc) is 2.97. The van der Waals surface area contributed by atoms with Gasteiger partial charge in [-0.2, -0.15) is 0 Å². The molecule has 1 aromatic carbocycles. The Morgan fingerprint density at radius 2 is 2.12 bits per heavy atom. The van der Waals surface area contributed by atoms with Crippen molar-refractivity contribution in [1.29, 1.82) is 0 Å². The number of rotatable bonds is 4. The van der Waals surface area contributed by atoms with Gasteiger partial charge in [0.2, 0.25) is 5.91 Å². The number of hydrogen-bond donors (Lipinski definition) is 2. The summed E-state index contributed by atoms with van der Waals surface area (Å²) < 4.78 is 0. The van der Waals surface area contributed by atoms with Crippen molar-refractivity contribution in [2.45, 2.75) is 39.3 Å². The van der Waals surface area contributed by atoms with Crippen LogP contribution in [0, 0.1) is 0 Å². The van der Waals surface area contributed by atoms with Crippen LogP contribution in [0.4, 0.5) is 9.93 Å². The first-order chi connectivity index (χ1) is 12.4. The molecule has 0 atom stereocenters. The molecule has 2 aromatic rings. The molecule has 1 aliphatic rings. The molecule has 0 saturated carbocycles. The quantitative estimate of drug-likeness (QED) is 0.836. The lowest BCUT2D eigenvalue weighted by Gasteiger charge is -2.26. The molecule has 2 N–H and O–H groups in total. The highest BCUT2D eigenvalue weighted by Gasteiger charge is 2.25. The Morgan fingerprint density at radius 1 is 1.35 bits per heavy atom. The molecule has 0 saturated heterocycles. The molecule has 26 heavy (non-hydrogen) atoms. The van der Waals surface area contributed by atoms with Crippen LogP contribution in [0.2, 0.25) is 5.02 Å². The molecule has 8 heteroatoms. The van der Waals surface area contributed by atoms with E-state index in [9.17, 15) is 9.59 Å². The first-order valence-corrected chi connectivity index (χ1v) is 9.69. The van der Waals surface area contributed by atoms with E-state index in [-0.39, 0.29) is 24.4 Å². The van der Waals surface area contributed by atoms with Gasteiger partial charge in [0.05, 0.1) is 18.7 Å². The topological polar surface area (TPSA) is 74.3 Å². The second-order valence-corrected chi connectivity index (χ2v) is 7.97. The van der Waals surface area contributed by atoms with Crippen LogP contribution in [-0.4, -0.2) is 34.4 Å². The monoisotopic (exact) mass is 392 g/mol. The number of aromatic nitrogens is 1. The molecule has 0 spiro atoms. The predicted octanol–water partition coefficient (Wildman–Crippen LogP) is 3.45. The Bertz CT molecular complexity index is 821. The molecule has 1 aliphatic heterocycles. The maximum absolute atomic E-state index is 12.6. The number of carbonyl (C=O) groups is 2. The van der Waals surface area contributed by atoms with Crippen molar-refractivity contribution < 1.29 is 9.59 Å². The first-order valence-electron chi connectivity index (χ1n) is 8.49. The highest BCUT2D eigenvalue weighted by molar-refractivity contribution is 7.15. The van der Waals surface area contributed by atoms with Crippen molar-refractivity contribution in [2.24, 2.45) is 0 Å². The molecule has 0 bridgehead atoms. The number of nitrogens with one attached hydrogen (secondary N) is 2. The zero-order chi connectivity index (χ0) is 18.7. The van der Waals surface area contributed by atoms with Crippen LogP contribution >= 0.6 is 22.9 Å². The summed E-state index contributed by atoms with van der Waals surface area (Å²) in [6, 6.07) is 7.19. The van der Waals surface area contributed by atoms with Crippen LogP contribution in [0.3, 0.4) is 0 Å². The number of nitrogens with zero attached hydrogens (tertiary/aromatic N) is 2. The molecule has 0 fully saturated rings. The Labute approximate surface area is 161 Å². The summed E-state index contributed by atoms with van der Waals surface area (Å²) in [6.07, 6.45) is 0.975. The predicted molar refractivity (Wildman–Crippen MR) is 104 cm³/mol. The number of thiazole rings is 1. The Hall–Kier alpha value is -2.12. The normalized spacial score (nSPS) is 13.5. The van der Waals surface area contributed by atoms with Gasteiger partial charge in [-0.05, 0) is 25.5 Å². The number of benzene rings is 1. The van der Waals surface area contributed by atoms with E-state index in [1.54, 1.807) is 6.07 Å². The number of carbonyl (C=O) groups excluding carboxylic acids is 2. The van der Waals surface area contributed by atoms with Crippen molar-refractivity contribution in [1.82, 2.24) is 15.2 Å². The van der Waals surface area contributed by atoms with E-state index in [4.69, 9.17) is 11.6 Å². The molecule has 1 aromatic heterocycles. The zero-order valence-corrected chi connectivity index (χ0v) is 16.3. The van der Waals surface area contributed by atoms with Gasteiger partial charge >= 0.3 is 6.03 Å². The third-order valence-electron chi connectivity index (χ3n) is 4.02. The lowest BCUT2D eigenvalue weighted by atomic mass is 10.1. The summed E-state index contributed by atoms with van der Waals surface area (Å²) in [7, 11) is 0. The van der Waals surface area contributed by atoms with Gasteiger partial charge in [-0.15, -0.1) is 0 Å². The fourth-order valence-electron chi connectivity index (χ4n) is 2.77. The van der Waals surface area contributed by atoms with Crippen molar-refractivity contribution in [3.8, 4) is 0 Å². The molecular formula is C18H21ClN4O2S. The highest BCUT2D eigenvalue weighted by atomic mass is 35.5. The van der Waals surface area contributed by atoms with Gasteiger partial charge in [0, 0.05) is 28.9 Å². The Kier molecular flexibility index (Phi) is 5.78. The minimum atomic E-state index is -0.266. The summed E-state index contributed by atoms with van der Waals surface area (Å²) in [6.45, 7) is 4.94. The maximum atomic E-state index is 12.6. The smallest absolute Gasteiger partial charge is 0.321 e. The summed E-state index contributed by atoms with van der Waals surface area (Å²) in [5.41, 5.74) is 1.79. The van der Waals surface area contributed by atoms with Gasteiger partial charge in [0.25, 0.3) is 0 Å². The second-order valence-electron chi connectivity index (χ2n) is 6.48. The lowest BCUT2D eigenvalue weighted by Crippen LogP contribution is -2.36. The largest absolute Gasteiger partial charge is 0.337 e. The van der Waals surface area contributed by atoms with E-state index < -0.39 is 0 Å². The molecule has 0 aliphatic carbocycles. The van der Waals surface area contributed by atoms with E-state index in [1.807, 2.05) is 36.9 Å². The van der Waals surface area contributed by atoms with Crippen molar-refractivity contribution >= 4 is 40.0 Å². The third kappa shape index (κ3) is 4.53. The number of amides is 3. The van der Waals surface area contributed by atoms with Crippen LogP contribution in [0.1, 0.15) is 30.0 Å². The van der Waals surface area contributed by atoms with Crippen molar-refractivity contribution in [3.63, 3.8) is 0 Å². The van der Waals surface area contributed by atoms with Gasteiger partial charge in [0.1, 0.15) is 0 Å². The van der Waals surface area contributed by atoms with Crippen LogP contribution in [0.5, 0.6) is 0 Å². The molecule has 6 nitrogen and oxygen atoms in total. The maximum Gasteiger partial charge on any atom is 0.321 e. The molecule has 2 heterocycles. The number of fused-ring (bicyclic) bond motifs is 1. The molecule has 138 valence electrons. The molecule has 0 unspecified atom stereocenters. The summed E-state index contributed by atoms with van der Waals surface area (Å²) in [5, 5.41) is 6.70. The number of halogens is 1. The van der Waals surface area contributed by atoms with E-state index in [1.165, 1.54) is 11.3 Å². The fraction of sp³-hybridized carbons (Fsp3) is 0.389. The van der Waals surface area contributed by atoms with Crippen LogP contribution in [0.15, 0.2) is 24.3 Å². The average molecular weight is 393 g/mol. The van der Waals surface area contributed by atoms with Crippen LogP contribution < -0.4 is 10.6 Å². The zero-order valence-electron chi connectivity index (χ0n) is 14.7.